The summed E-state index contributed by atoms with van der Waals surface area (Å²) in [4.78, 5) is 13.0. The minimum atomic E-state index is -4.64. The molecule has 0 aromatic heterocycles. The van der Waals surface area contributed by atoms with Crippen molar-refractivity contribution in [3.05, 3.63) is 0 Å². The Labute approximate surface area is 110 Å². The molecule has 0 aromatic rings. The van der Waals surface area contributed by atoms with Crippen LogP contribution in [-0.2, 0) is 9.53 Å². The minimum absolute atomic E-state index is 0.0913. The average Bonchev–Trinajstić information content (AvgIpc) is 2.34. The van der Waals surface area contributed by atoms with E-state index in [2.05, 4.69) is 0 Å². The van der Waals surface area contributed by atoms with Crippen LogP contribution in [0.3, 0.4) is 0 Å². The van der Waals surface area contributed by atoms with Crippen LogP contribution >= 0.6 is 0 Å². The van der Waals surface area contributed by atoms with Crippen molar-refractivity contribution in [3.63, 3.8) is 0 Å². The van der Waals surface area contributed by atoms with Crippen LogP contribution in [0.5, 0.6) is 0 Å². The molecular formula is C12H20F3NO3. The summed E-state index contributed by atoms with van der Waals surface area (Å²) in [5.41, 5.74) is -2.66. The van der Waals surface area contributed by atoms with Crippen LogP contribution in [0.15, 0.2) is 0 Å². The Kier molecular flexibility index (Phi) is 5.61. The van der Waals surface area contributed by atoms with Gasteiger partial charge in [-0.15, -0.1) is 0 Å². The number of rotatable bonds is 5. The number of hydrogen-bond donors (Lipinski definition) is 1. The Morgan fingerprint density at radius 3 is 2.42 bits per heavy atom. The molecule has 0 spiro atoms. The Hall–Kier alpha value is -0.820. The fraction of sp³-hybridized carbons (Fsp3) is 0.917. The van der Waals surface area contributed by atoms with Gasteiger partial charge < -0.3 is 14.7 Å². The lowest BCUT2D eigenvalue weighted by Crippen LogP contribution is -2.54. The lowest BCUT2D eigenvalue weighted by molar-refractivity contribution is -0.272. The van der Waals surface area contributed by atoms with Gasteiger partial charge in [0.15, 0.2) is 5.60 Å². The monoisotopic (exact) mass is 283 g/mol. The molecule has 1 rings (SSSR count). The first-order valence-electron chi connectivity index (χ1n) is 6.45. The lowest BCUT2D eigenvalue weighted by Gasteiger charge is -2.39. The van der Waals surface area contributed by atoms with Gasteiger partial charge in [-0.25, -0.2) is 0 Å². The number of ether oxygens (including phenoxy) is 1. The first-order valence-corrected chi connectivity index (χ1v) is 6.45. The van der Waals surface area contributed by atoms with Gasteiger partial charge >= 0.3 is 6.18 Å². The summed E-state index contributed by atoms with van der Waals surface area (Å²) in [6.07, 6.45) is -3.79. The van der Waals surface area contributed by atoms with Crippen molar-refractivity contribution in [1.82, 2.24) is 4.90 Å². The van der Waals surface area contributed by atoms with E-state index in [1.165, 1.54) is 4.90 Å². The highest BCUT2D eigenvalue weighted by Crippen LogP contribution is 2.38. The molecule has 1 N–H and O–H groups in total. The summed E-state index contributed by atoms with van der Waals surface area (Å²) in [5.74, 6) is -0.319. The van der Waals surface area contributed by atoms with Crippen LogP contribution in [0.1, 0.15) is 32.6 Å². The van der Waals surface area contributed by atoms with E-state index in [0.29, 0.717) is 6.61 Å². The van der Waals surface area contributed by atoms with E-state index >= 15 is 0 Å². The Balaban J connectivity index is 2.35. The number of carbonyl (C=O) groups excluding carboxylic acids is 1. The molecule has 112 valence electrons. The normalized spacial score (nSPS) is 19.5. The standard InChI is InChI=1S/C12H20F3NO3/c1-2-3-8-19-9-10(17)16-6-4-11(18,5-7-16)12(13,14)15/h18H,2-9H2,1H3. The second-order valence-corrected chi connectivity index (χ2v) is 4.82. The van der Waals surface area contributed by atoms with Crippen LogP contribution < -0.4 is 0 Å². The molecule has 1 aliphatic rings. The van der Waals surface area contributed by atoms with Gasteiger partial charge in [0.05, 0.1) is 0 Å². The highest BCUT2D eigenvalue weighted by atomic mass is 19.4. The third kappa shape index (κ3) is 4.35. The van der Waals surface area contributed by atoms with Gasteiger partial charge in [0.25, 0.3) is 0 Å². The third-order valence-corrected chi connectivity index (χ3v) is 3.34. The molecule has 7 heteroatoms. The molecule has 1 amide bonds. The second kappa shape index (κ2) is 6.56. The van der Waals surface area contributed by atoms with E-state index in [9.17, 15) is 23.1 Å². The Bertz CT molecular complexity index is 299. The second-order valence-electron chi connectivity index (χ2n) is 4.82. The first kappa shape index (κ1) is 16.2. The van der Waals surface area contributed by atoms with E-state index < -0.39 is 24.6 Å². The summed E-state index contributed by atoms with van der Waals surface area (Å²) in [6, 6.07) is 0. The predicted molar refractivity (Wildman–Crippen MR) is 62.5 cm³/mol. The number of unbranched alkanes of at least 4 members (excludes halogenated alkanes) is 1. The van der Waals surface area contributed by atoms with Crippen molar-refractivity contribution in [2.75, 3.05) is 26.3 Å². The van der Waals surface area contributed by atoms with Crippen molar-refractivity contribution in [3.8, 4) is 0 Å². The molecular weight excluding hydrogens is 263 g/mol. The van der Waals surface area contributed by atoms with Crippen molar-refractivity contribution in [1.29, 1.82) is 0 Å². The molecule has 0 aliphatic carbocycles. The number of amides is 1. The van der Waals surface area contributed by atoms with Gasteiger partial charge in [-0.3, -0.25) is 4.79 Å². The number of halogens is 3. The number of aliphatic hydroxyl groups is 1. The lowest BCUT2D eigenvalue weighted by atomic mass is 9.91. The summed E-state index contributed by atoms with van der Waals surface area (Å²) < 4.78 is 42.8. The van der Waals surface area contributed by atoms with Gasteiger partial charge in [-0.05, 0) is 6.42 Å². The molecule has 0 aromatic carbocycles. The number of hydrogen-bond acceptors (Lipinski definition) is 3. The molecule has 1 fully saturated rings. The zero-order chi connectivity index (χ0) is 14.5. The van der Waals surface area contributed by atoms with Crippen molar-refractivity contribution < 1.29 is 27.8 Å². The molecule has 1 heterocycles. The summed E-state index contributed by atoms with van der Waals surface area (Å²) in [7, 11) is 0. The predicted octanol–water partition coefficient (Wildman–Crippen LogP) is 1.72. The number of nitrogens with zero attached hydrogens (tertiary/aromatic N) is 1. The number of carbonyl (C=O) groups is 1. The van der Waals surface area contributed by atoms with Crippen LogP contribution in [0.4, 0.5) is 13.2 Å². The van der Waals surface area contributed by atoms with E-state index in [0.717, 1.165) is 12.8 Å². The van der Waals surface area contributed by atoms with E-state index in [1.807, 2.05) is 6.92 Å². The molecule has 0 atom stereocenters. The SMILES string of the molecule is CCCCOCC(=O)N1CCC(O)(C(F)(F)F)CC1. The van der Waals surface area contributed by atoms with Crippen molar-refractivity contribution >= 4 is 5.91 Å². The fourth-order valence-electron chi connectivity index (χ4n) is 1.91. The maximum atomic E-state index is 12.6. The first-order chi connectivity index (χ1) is 8.80. The van der Waals surface area contributed by atoms with E-state index in [1.54, 1.807) is 0 Å². The molecule has 0 radical (unpaired) electrons. The highest BCUT2D eigenvalue weighted by molar-refractivity contribution is 5.77. The summed E-state index contributed by atoms with van der Waals surface area (Å²) in [6.45, 7) is 2.18. The van der Waals surface area contributed by atoms with Crippen LogP contribution in [0.25, 0.3) is 0 Å². The van der Waals surface area contributed by atoms with Gasteiger partial charge in [0.1, 0.15) is 6.61 Å². The summed E-state index contributed by atoms with van der Waals surface area (Å²) >= 11 is 0. The molecule has 0 bridgehead atoms. The maximum Gasteiger partial charge on any atom is 0.417 e. The third-order valence-electron chi connectivity index (χ3n) is 3.34. The van der Waals surface area contributed by atoms with Gasteiger partial charge in [0, 0.05) is 32.5 Å². The maximum absolute atomic E-state index is 12.6. The molecule has 1 saturated heterocycles. The topological polar surface area (TPSA) is 49.8 Å². The van der Waals surface area contributed by atoms with Gasteiger partial charge in [-0.2, -0.15) is 13.2 Å². The van der Waals surface area contributed by atoms with Gasteiger partial charge in [-0.1, -0.05) is 13.3 Å². The number of piperidine rings is 1. The fourth-order valence-corrected chi connectivity index (χ4v) is 1.91. The Morgan fingerprint density at radius 1 is 1.37 bits per heavy atom. The number of alkyl halides is 3. The van der Waals surface area contributed by atoms with Crippen LogP contribution in [0.2, 0.25) is 0 Å². The van der Waals surface area contributed by atoms with E-state index in [4.69, 9.17) is 4.74 Å². The molecule has 1 aliphatic heterocycles. The van der Waals surface area contributed by atoms with E-state index in [-0.39, 0.29) is 25.6 Å². The molecule has 0 saturated carbocycles. The number of likely N-dealkylation sites (tertiary alicyclic amines) is 1. The zero-order valence-electron chi connectivity index (χ0n) is 11.0. The van der Waals surface area contributed by atoms with Crippen molar-refractivity contribution in [2.24, 2.45) is 0 Å². The minimum Gasteiger partial charge on any atom is -0.380 e. The molecule has 4 nitrogen and oxygen atoms in total. The average molecular weight is 283 g/mol. The summed E-state index contributed by atoms with van der Waals surface area (Å²) in [5, 5.41) is 9.46. The Morgan fingerprint density at radius 2 is 1.95 bits per heavy atom. The van der Waals surface area contributed by atoms with Gasteiger partial charge in [0.2, 0.25) is 5.91 Å². The molecule has 0 unspecified atom stereocenters. The zero-order valence-corrected chi connectivity index (χ0v) is 11.0. The largest absolute Gasteiger partial charge is 0.417 e. The highest BCUT2D eigenvalue weighted by Gasteiger charge is 2.54. The van der Waals surface area contributed by atoms with Crippen LogP contribution in [-0.4, -0.2) is 54.0 Å². The quantitative estimate of drug-likeness (QED) is 0.782. The van der Waals surface area contributed by atoms with Crippen LogP contribution in [0, 0.1) is 0 Å². The van der Waals surface area contributed by atoms with Crippen molar-refractivity contribution in [2.45, 2.75) is 44.4 Å². The molecule has 19 heavy (non-hydrogen) atoms. The smallest absolute Gasteiger partial charge is 0.380 e.